The average molecular weight is 325 g/mol. The van der Waals surface area contributed by atoms with Crippen molar-refractivity contribution in [1.82, 2.24) is 0 Å². The van der Waals surface area contributed by atoms with Gasteiger partial charge < -0.3 is 10.8 Å². The first kappa shape index (κ1) is 12.4. The van der Waals surface area contributed by atoms with Crippen molar-refractivity contribution in [2.75, 3.05) is 6.54 Å². The number of nitrogens with two attached hydrogens (primary N) is 1. The predicted octanol–water partition coefficient (Wildman–Crippen LogP) is 2.76. The van der Waals surface area contributed by atoms with Crippen LogP contribution in [0.15, 0.2) is 11.4 Å². The van der Waals surface area contributed by atoms with E-state index in [1.165, 1.54) is 2.88 Å². The highest BCUT2D eigenvalue weighted by molar-refractivity contribution is 14.1. The highest BCUT2D eigenvalue weighted by Crippen LogP contribution is 2.29. The number of aliphatic hydroxyl groups excluding tert-OH is 1. The summed E-state index contributed by atoms with van der Waals surface area (Å²) in [5.41, 5.74) is 6.66. The van der Waals surface area contributed by atoms with E-state index in [2.05, 4.69) is 29.5 Å². The molecule has 0 amide bonds. The van der Waals surface area contributed by atoms with Gasteiger partial charge in [0.2, 0.25) is 0 Å². The van der Waals surface area contributed by atoms with Gasteiger partial charge in [-0.15, -0.1) is 11.3 Å². The molecule has 1 heterocycles. The van der Waals surface area contributed by atoms with Gasteiger partial charge in [0, 0.05) is 5.92 Å². The van der Waals surface area contributed by atoms with Gasteiger partial charge in [0.25, 0.3) is 0 Å². The van der Waals surface area contributed by atoms with Crippen molar-refractivity contribution in [3.8, 4) is 0 Å². The molecule has 0 bridgehead atoms. The van der Waals surface area contributed by atoms with Crippen LogP contribution < -0.4 is 5.73 Å². The lowest BCUT2D eigenvalue weighted by molar-refractivity contribution is 0.107. The van der Waals surface area contributed by atoms with Gasteiger partial charge in [0.05, 0.1) is 8.99 Å². The van der Waals surface area contributed by atoms with Crippen LogP contribution >= 0.6 is 33.9 Å². The van der Waals surface area contributed by atoms with E-state index in [4.69, 9.17) is 5.73 Å². The molecule has 2 atom stereocenters. The van der Waals surface area contributed by atoms with E-state index < -0.39 is 0 Å². The first-order valence-corrected chi connectivity index (χ1v) is 6.77. The van der Waals surface area contributed by atoms with Gasteiger partial charge in [0.1, 0.15) is 0 Å². The molecule has 0 aliphatic heterocycles. The van der Waals surface area contributed by atoms with Crippen molar-refractivity contribution >= 4 is 33.9 Å². The summed E-state index contributed by atoms with van der Waals surface area (Å²) < 4.78 is 1.21. The zero-order valence-electron chi connectivity index (χ0n) is 8.24. The van der Waals surface area contributed by atoms with E-state index in [1.807, 2.05) is 11.4 Å². The fourth-order valence-electron chi connectivity index (χ4n) is 1.53. The van der Waals surface area contributed by atoms with Crippen LogP contribution in [0.2, 0.25) is 0 Å². The van der Waals surface area contributed by atoms with Gasteiger partial charge in [-0.25, -0.2) is 0 Å². The molecular formula is C10H16INOS. The summed E-state index contributed by atoms with van der Waals surface area (Å²) in [4.78, 5) is 0. The SMILES string of the molecule is CCCC(CN)C(O)c1csc(I)c1. The maximum atomic E-state index is 10.0. The maximum Gasteiger partial charge on any atom is 0.0838 e. The topological polar surface area (TPSA) is 46.2 Å². The van der Waals surface area contributed by atoms with Crippen molar-refractivity contribution in [2.24, 2.45) is 11.7 Å². The standard InChI is InChI=1S/C10H16INOS/c1-2-3-7(5-12)10(13)8-4-9(11)14-6-8/h4,6-7,10,13H,2-3,5,12H2,1H3. The summed E-state index contributed by atoms with van der Waals surface area (Å²) in [6, 6.07) is 2.04. The lowest BCUT2D eigenvalue weighted by Gasteiger charge is -2.19. The zero-order valence-corrected chi connectivity index (χ0v) is 11.2. The zero-order chi connectivity index (χ0) is 10.6. The van der Waals surface area contributed by atoms with Crippen LogP contribution in [0.5, 0.6) is 0 Å². The quantitative estimate of drug-likeness (QED) is 0.818. The van der Waals surface area contributed by atoms with E-state index >= 15 is 0 Å². The van der Waals surface area contributed by atoms with Crippen molar-refractivity contribution < 1.29 is 5.11 Å². The van der Waals surface area contributed by atoms with Crippen molar-refractivity contribution in [3.63, 3.8) is 0 Å². The third-order valence-corrected chi connectivity index (χ3v) is 4.15. The summed E-state index contributed by atoms with van der Waals surface area (Å²) in [5, 5.41) is 12.1. The smallest absolute Gasteiger partial charge is 0.0838 e. The van der Waals surface area contributed by atoms with Crippen molar-refractivity contribution in [2.45, 2.75) is 25.9 Å². The third-order valence-electron chi connectivity index (χ3n) is 2.34. The minimum Gasteiger partial charge on any atom is -0.388 e. The normalized spacial score (nSPS) is 15.4. The molecule has 0 aliphatic carbocycles. The van der Waals surface area contributed by atoms with Crippen LogP contribution in [0, 0.1) is 8.80 Å². The summed E-state index contributed by atoms with van der Waals surface area (Å²) in [5.74, 6) is 0.199. The second-order valence-electron chi connectivity index (χ2n) is 3.41. The van der Waals surface area contributed by atoms with Crippen LogP contribution in [-0.4, -0.2) is 11.7 Å². The van der Waals surface area contributed by atoms with Gasteiger partial charge >= 0.3 is 0 Å². The van der Waals surface area contributed by atoms with Crippen LogP contribution in [0.25, 0.3) is 0 Å². The third kappa shape index (κ3) is 3.18. The van der Waals surface area contributed by atoms with E-state index in [1.54, 1.807) is 11.3 Å². The van der Waals surface area contributed by atoms with Crippen LogP contribution in [-0.2, 0) is 0 Å². The molecular weight excluding hydrogens is 309 g/mol. The molecule has 0 radical (unpaired) electrons. The molecule has 0 aromatic carbocycles. The highest BCUT2D eigenvalue weighted by atomic mass is 127. The first-order valence-electron chi connectivity index (χ1n) is 4.81. The molecule has 2 nitrogen and oxygen atoms in total. The fraction of sp³-hybridized carbons (Fsp3) is 0.600. The first-order chi connectivity index (χ1) is 6.69. The van der Waals surface area contributed by atoms with Crippen molar-refractivity contribution in [3.05, 3.63) is 19.9 Å². The molecule has 3 N–H and O–H groups in total. The Bertz CT molecular complexity index is 277. The Morgan fingerprint density at radius 1 is 1.64 bits per heavy atom. The number of hydrogen-bond donors (Lipinski definition) is 2. The molecule has 0 aliphatic rings. The molecule has 0 spiro atoms. The van der Waals surface area contributed by atoms with Gasteiger partial charge in [-0.2, -0.15) is 0 Å². The molecule has 4 heteroatoms. The number of halogens is 1. The number of thiophene rings is 1. The van der Waals surface area contributed by atoms with E-state index in [0.717, 1.165) is 18.4 Å². The molecule has 1 aromatic heterocycles. The predicted molar refractivity (Wildman–Crippen MR) is 69.4 cm³/mol. The Balaban J connectivity index is 2.66. The summed E-state index contributed by atoms with van der Waals surface area (Å²) in [6.07, 6.45) is 1.67. The fourth-order valence-corrected chi connectivity index (χ4v) is 2.93. The second kappa shape index (κ2) is 6.05. The molecule has 0 fully saturated rings. The summed E-state index contributed by atoms with van der Waals surface area (Å²) in [6.45, 7) is 2.67. The maximum absolute atomic E-state index is 10.0. The average Bonchev–Trinajstić information content (AvgIpc) is 2.60. The van der Waals surface area contributed by atoms with Crippen LogP contribution in [0.1, 0.15) is 31.4 Å². The van der Waals surface area contributed by atoms with E-state index in [-0.39, 0.29) is 12.0 Å². The minimum atomic E-state index is -0.389. The monoisotopic (exact) mass is 325 g/mol. The summed E-state index contributed by atoms with van der Waals surface area (Å²) in [7, 11) is 0. The van der Waals surface area contributed by atoms with Crippen LogP contribution in [0.4, 0.5) is 0 Å². The molecule has 80 valence electrons. The molecule has 2 unspecified atom stereocenters. The van der Waals surface area contributed by atoms with Crippen LogP contribution in [0.3, 0.4) is 0 Å². The Hall–Kier alpha value is 0.350. The Labute approximate surface area is 103 Å². The van der Waals surface area contributed by atoms with Crippen molar-refractivity contribution in [1.29, 1.82) is 0 Å². The van der Waals surface area contributed by atoms with Gasteiger partial charge in [-0.3, -0.25) is 0 Å². The van der Waals surface area contributed by atoms with Gasteiger partial charge in [-0.05, 0) is 52.6 Å². The lowest BCUT2D eigenvalue weighted by Crippen LogP contribution is -2.21. The molecule has 0 saturated carbocycles. The molecule has 0 saturated heterocycles. The Morgan fingerprint density at radius 2 is 2.36 bits per heavy atom. The molecule has 1 aromatic rings. The summed E-state index contributed by atoms with van der Waals surface area (Å²) >= 11 is 3.93. The Morgan fingerprint density at radius 3 is 2.79 bits per heavy atom. The molecule has 14 heavy (non-hydrogen) atoms. The largest absolute Gasteiger partial charge is 0.388 e. The van der Waals surface area contributed by atoms with Gasteiger partial charge in [0.15, 0.2) is 0 Å². The van der Waals surface area contributed by atoms with E-state index in [9.17, 15) is 5.11 Å². The number of aliphatic hydroxyl groups is 1. The molecule has 1 rings (SSSR count). The second-order valence-corrected chi connectivity index (χ2v) is 6.22. The lowest BCUT2D eigenvalue weighted by atomic mass is 9.93. The van der Waals surface area contributed by atoms with E-state index in [0.29, 0.717) is 6.54 Å². The highest BCUT2D eigenvalue weighted by Gasteiger charge is 2.19. The number of rotatable bonds is 5. The van der Waals surface area contributed by atoms with Gasteiger partial charge in [-0.1, -0.05) is 13.3 Å². The minimum absolute atomic E-state index is 0.199. The Kier molecular flexibility index (Phi) is 5.36. The number of hydrogen-bond acceptors (Lipinski definition) is 3.